The Labute approximate surface area is 163 Å². The monoisotopic (exact) mass is 383 g/mol. The van der Waals surface area contributed by atoms with Crippen LogP contribution in [0.1, 0.15) is 40.5 Å². The number of pyridine rings is 1. The Kier molecular flexibility index (Phi) is 4.19. The summed E-state index contributed by atoms with van der Waals surface area (Å²) in [6.07, 6.45) is 2.09. The predicted octanol–water partition coefficient (Wildman–Crippen LogP) is 3.37. The van der Waals surface area contributed by atoms with Crippen LogP contribution < -0.4 is 0 Å². The summed E-state index contributed by atoms with van der Waals surface area (Å²) < 4.78 is 28.6. The second-order valence-corrected chi connectivity index (χ2v) is 8.23. The van der Waals surface area contributed by atoms with E-state index in [1.165, 1.54) is 0 Å². The van der Waals surface area contributed by atoms with Crippen LogP contribution in [0, 0.1) is 24.5 Å². The molecule has 0 radical (unpaired) electrons. The molecule has 0 saturated carbocycles. The molecular weight excluding hydrogens is 360 g/mol. The van der Waals surface area contributed by atoms with Gasteiger partial charge in [0.05, 0.1) is 6.04 Å². The van der Waals surface area contributed by atoms with Crippen molar-refractivity contribution in [3.05, 3.63) is 65.0 Å². The second-order valence-electron chi connectivity index (χ2n) is 8.23. The number of nitrogens with zero attached hydrogens (tertiary/aromatic N) is 3. The smallest absolute Gasteiger partial charge is 0.272 e. The number of aryl methyl sites for hydroxylation is 1. The lowest BCUT2D eigenvalue weighted by molar-refractivity contribution is -0.00377. The lowest BCUT2D eigenvalue weighted by atomic mass is 9.75. The highest BCUT2D eigenvalue weighted by atomic mass is 19.2. The number of piperidine rings is 3. The molecule has 6 rings (SSSR count). The maximum atomic E-state index is 14.6. The van der Waals surface area contributed by atoms with Crippen LogP contribution in [0.3, 0.4) is 0 Å². The van der Waals surface area contributed by atoms with E-state index in [0.29, 0.717) is 23.7 Å². The number of amides is 1. The van der Waals surface area contributed by atoms with Gasteiger partial charge in [-0.15, -0.1) is 0 Å². The first-order valence-electron chi connectivity index (χ1n) is 9.97. The minimum Gasteiger partial charge on any atom is -0.332 e. The molecule has 0 spiro atoms. The van der Waals surface area contributed by atoms with Crippen molar-refractivity contribution in [2.75, 3.05) is 19.6 Å². The molecule has 1 aromatic carbocycles. The molecule has 0 unspecified atom stereocenters. The van der Waals surface area contributed by atoms with Crippen molar-refractivity contribution in [2.24, 2.45) is 5.92 Å². The highest BCUT2D eigenvalue weighted by Gasteiger charge is 2.55. The van der Waals surface area contributed by atoms with Gasteiger partial charge in [0.15, 0.2) is 11.6 Å². The molecule has 4 aliphatic heterocycles. The fourth-order valence-electron chi connectivity index (χ4n) is 5.54. The molecule has 4 fully saturated rings. The van der Waals surface area contributed by atoms with E-state index < -0.39 is 11.6 Å². The third-order valence-corrected chi connectivity index (χ3v) is 6.74. The van der Waals surface area contributed by atoms with Crippen LogP contribution in [0.4, 0.5) is 8.78 Å². The van der Waals surface area contributed by atoms with Gasteiger partial charge in [0.25, 0.3) is 5.91 Å². The summed E-state index contributed by atoms with van der Waals surface area (Å²) in [6, 6.07) is 9.89. The molecule has 4 saturated heterocycles. The highest BCUT2D eigenvalue weighted by molar-refractivity contribution is 5.93. The van der Waals surface area contributed by atoms with Gasteiger partial charge in [-0.3, -0.25) is 9.69 Å². The molecule has 146 valence electrons. The summed E-state index contributed by atoms with van der Waals surface area (Å²) >= 11 is 0. The van der Waals surface area contributed by atoms with Crippen LogP contribution in [-0.4, -0.2) is 52.4 Å². The molecule has 3 atom stereocenters. The fraction of sp³-hybridized carbons (Fsp3) is 0.455. The number of fused-ring (bicyclic) bond motifs is 2. The van der Waals surface area contributed by atoms with E-state index in [4.69, 9.17) is 0 Å². The van der Waals surface area contributed by atoms with E-state index in [1.807, 2.05) is 24.0 Å². The molecule has 4 nitrogen and oxygen atoms in total. The number of rotatable bonds is 2. The summed E-state index contributed by atoms with van der Waals surface area (Å²) in [6.45, 7) is 4.19. The number of hydrogen-bond acceptors (Lipinski definition) is 3. The van der Waals surface area contributed by atoms with Crippen molar-refractivity contribution >= 4 is 5.91 Å². The molecule has 28 heavy (non-hydrogen) atoms. The standard InChI is InChI=1S/C22H23F2N3O/c1-13-4-2-7-18(25-13)22(28)27-12-16(15-5-3-6-17(23)19(15)24)21-20(27)14-8-10-26(21)11-9-14/h2-7,14,16,20-21H,8-12H2,1H3/t16-,20+,21+/m0/s1. The molecule has 2 bridgehead atoms. The maximum Gasteiger partial charge on any atom is 0.272 e. The number of aromatic nitrogens is 1. The molecular formula is C22H23F2N3O. The molecule has 4 aliphatic rings. The lowest BCUT2D eigenvalue weighted by Gasteiger charge is -2.51. The van der Waals surface area contributed by atoms with Gasteiger partial charge in [0.1, 0.15) is 5.69 Å². The maximum absolute atomic E-state index is 14.6. The SMILES string of the molecule is Cc1cccc(C(=O)N2C[C@@H](c3cccc(F)c3F)[C@@H]3[C@H]2C2CCN3CC2)n1. The van der Waals surface area contributed by atoms with Crippen LogP contribution in [0.2, 0.25) is 0 Å². The molecule has 5 heterocycles. The Morgan fingerprint density at radius 3 is 2.57 bits per heavy atom. The van der Waals surface area contributed by atoms with Crippen molar-refractivity contribution in [1.82, 2.24) is 14.8 Å². The van der Waals surface area contributed by atoms with Gasteiger partial charge < -0.3 is 4.90 Å². The number of likely N-dealkylation sites (tertiary alicyclic amines) is 1. The molecule has 0 N–H and O–H groups in total. The molecule has 6 heteroatoms. The summed E-state index contributed by atoms with van der Waals surface area (Å²) in [4.78, 5) is 22.0. The van der Waals surface area contributed by atoms with Crippen molar-refractivity contribution < 1.29 is 13.6 Å². The van der Waals surface area contributed by atoms with Crippen molar-refractivity contribution in [3.63, 3.8) is 0 Å². The average molecular weight is 383 g/mol. The highest BCUT2D eigenvalue weighted by Crippen LogP contribution is 2.47. The first-order chi connectivity index (χ1) is 13.5. The van der Waals surface area contributed by atoms with Crippen molar-refractivity contribution in [3.8, 4) is 0 Å². The number of carbonyl (C=O) groups is 1. The molecule has 1 aromatic heterocycles. The van der Waals surface area contributed by atoms with E-state index in [2.05, 4.69) is 9.88 Å². The number of halogens is 2. The van der Waals surface area contributed by atoms with Crippen molar-refractivity contribution in [2.45, 2.75) is 37.8 Å². The summed E-state index contributed by atoms with van der Waals surface area (Å²) in [5.41, 5.74) is 1.61. The third-order valence-electron chi connectivity index (χ3n) is 6.74. The number of hydrogen-bond donors (Lipinski definition) is 0. The van der Waals surface area contributed by atoms with Gasteiger partial charge >= 0.3 is 0 Å². The second kappa shape index (κ2) is 6.62. The first-order valence-corrected chi connectivity index (χ1v) is 9.97. The van der Waals surface area contributed by atoms with Crippen LogP contribution in [0.15, 0.2) is 36.4 Å². The van der Waals surface area contributed by atoms with E-state index in [9.17, 15) is 13.6 Å². The quantitative estimate of drug-likeness (QED) is 0.798. The Balaban J connectivity index is 1.56. The predicted molar refractivity (Wildman–Crippen MR) is 101 cm³/mol. The van der Waals surface area contributed by atoms with Gasteiger partial charge in [-0.05, 0) is 62.5 Å². The van der Waals surface area contributed by atoms with Crippen LogP contribution in [-0.2, 0) is 0 Å². The molecule has 2 aromatic rings. The summed E-state index contributed by atoms with van der Waals surface area (Å²) in [5, 5.41) is 0. The van der Waals surface area contributed by atoms with Crippen molar-refractivity contribution in [1.29, 1.82) is 0 Å². The van der Waals surface area contributed by atoms with Gasteiger partial charge in [0.2, 0.25) is 0 Å². The van der Waals surface area contributed by atoms with E-state index in [0.717, 1.165) is 37.7 Å². The van der Waals surface area contributed by atoms with Gasteiger partial charge in [-0.2, -0.15) is 0 Å². The average Bonchev–Trinajstić information content (AvgIpc) is 3.13. The van der Waals surface area contributed by atoms with Crippen LogP contribution in [0.5, 0.6) is 0 Å². The zero-order chi connectivity index (χ0) is 19.4. The molecule has 1 amide bonds. The Morgan fingerprint density at radius 1 is 1.07 bits per heavy atom. The lowest BCUT2D eigenvalue weighted by Crippen LogP contribution is -2.60. The number of benzene rings is 1. The first kappa shape index (κ1) is 17.7. The van der Waals surface area contributed by atoms with E-state index >= 15 is 0 Å². The zero-order valence-electron chi connectivity index (χ0n) is 15.8. The molecule has 0 aliphatic carbocycles. The summed E-state index contributed by atoms with van der Waals surface area (Å²) in [5.74, 6) is -1.53. The third kappa shape index (κ3) is 2.65. The Morgan fingerprint density at radius 2 is 1.82 bits per heavy atom. The Hall–Kier alpha value is -2.34. The summed E-state index contributed by atoms with van der Waals surface area (Å²) in [7, 11) is 0. The topological polar surface area (TPSA) is 36.4 Å². The minimum atomic E-state index is -0.824. The van der Waals surface area contributed by atoms with Crippen LogP contribution in [0.25, 0.3) is 0 Å². The largest absolute Gasteiger partial charge is 0.332 e. The zero-order valence-corrected chi connectivity index (χ0v) is 15.8. The fourth-order valence-corrected chi connectivity index (χ4v) is 5.54. The van der Waals surface area contributed by atoms with E-state index in [1.54, 1.807) is 18.2 Å². The van der Waals surface area contributed by atoms with Gasteiger partial charge in [-0.25, -0.2) is 13.8 Å². The van der Waals surface area contributed by atoms with Crippen LogP contribution >= 0.6 is 0 Å². The minimum absolute atomic E-state index is 0.0324. The number of carbonyl (C=O) groups excluding carboxylic acids is 1. The Bertz CT molecular complexity index is 926. The van der Waals surface area contributed by atoms with Gasteiger partial charge in [-0.1, -0.05) is 18.2 Å². The van der Waals surface area contributed by atoms with Gasteiger partial charge in [0, 0.05) is 24.2 Å². The normalized spacial score (nSPS) is 31.1. The van der Waals surface area contributed by atoms with E-state index in [-0.39, 0.29) is 23.9 Å².